The Morgan fingerprint density at radius 1 is 0.815 bits per heavy atom. The number of carbonyl (C=O) groups excluding carboxylic acids is 1. The van der Waals surface area contributed by atoms with Gasteiger partial charge in [0.05, 0.1) is 24.2 Å². The molecule has 0 aliphatic heterocycles. The molecule has 0 unspecified atom stereocenters. The number of rotatable bonds is 6. The number of benzene rings is 3. The van der Waals surface area contributed by atoms with Gasteiger partial charge >= 0.3 is 5.97 Å². The molecule has 0 aliphatic rings. The lowest BCUT2D eigenvalue weighted by atomic mass is 10.0. The molecule has 0 radical (unpaired) electrons. The fourth-order valence-corrected chi connectivity index (χ4v) is 3.43. The third kappa shape index (κ3) is 4.61. The first kappa shape index (κ1) is 18.8. The lowest BCUT2D eigenvalue weighted by molar-refractivity contribution is 0.0600. The number of methoxy groups -OCH3 is 1. The Balaban J connectivity index is 1.68. The maximum absolute atomic E-state index is 12.1. The van der Waals surface area contributed by atoms with Crippen molar-refractivity contribution in [3.05, 3.63) is 90.0 Å². The Hall–Kier alpha value is -2.96. The second-order valence-corrected chi connectivity index (χ2v) is 7.41. The third-order valence-corrected chi connectivity index (χ3v) is 5.28. The molecular formula is C21H18O5S. The van der Waals surface area contributed by atoms with Crippen LogP contribution in [0.15, 0.2) is 83.8 Å². The lowest BCUT2D eigenvalue weighted by Gasteiger charge is -2.07. The van der Waals surface area contributed by atoms with E-state index < -0.39 is 10.1 Å². The molecule has 5 nitrogen and oxygen atoms in total. The van der Waals surface area contributed by atoms with Gasteiger partial charge in [-0.15, -0.1) is 0 Å². The normalized spacial score (nSPS) is 11.1. The van der Waals surface area contributed by atoms with Gasteiger partial charge in [-0.2, -0.15) is 8.42 Å². The quantitative estimate of drug-likeness (QED) is 0.475. The summed E-state index contributed by atoms with van der Waals surface area (Å²) in [6.07, 6.45) is 0. The number of ether oxygens (including phenoxy) is 1. The van der Waals surface area contributed by atoms with Crippen LogP contribution in [0.1, 0.15) is 15.9 Å². The van der Waals surface area contributed by atoms with Crippen LogP contribution in [0.2, 0.25) is 0 Å². The van der Waals surface area contributed by atoms with Crippen molar-refractivity contribution < 1.29 is 22.1 Å². The molecule has 0 aromatic heterocycles. The number of esters is 1. The molecule has 0 heterocycles. The Morgan fingerprint density at radius 3 is 1.93 bits per heavy atom. The van der Waals surface area contributed by atoms with Gasteiger partial charge < -0.3 is 4.74 Å². The SMILES string of the molecule is COC(=O)c1ccc(-c2ccc(COS(=O)(=O)c3ccccc3)cc2)cc1. The summed E-state index contributed by atoms with van der Waals surface area (Å²) in [6, 6.07) is 22.5. The van der Waals surface area contributed by atoms with Gasteiger partial charge in [-0.3, -0.25) is 4.18 Å². The average Bonchev–Trinajstić information content (AvgIpc) is 2.73. The van der Waals surface area contributed by atoms with Crippen molar-refractivity contribution in [1.29, 1.82) is 0 Å². The summed E-state index contributed by atoms with van der Waals surface area (Å²) >= 11 is 0. The first-order chi connectivity index (χ1) is 13.0. The van der Waals surface area contributed by atoms with Crippen LogP contribution in [0, 0.1) is 0 Å². The van der Waals surface area contributed by atoms with Gasteiger partial charge in [0.1, 0.15) is 0 Å². The molecule has 6 heteroatoms. The van der Waals surface area contributed by atoms with Crippen molar-refractivity contribution in [2.24, 2.45) is 0 Å². The molecule has 0 saturated heterocycles. The van der Waals surface area contributed by atoms with E-state index in [0.29, 0.717) is 5.56 Å². The molecule has 0 spiro atoms. The minimum Gasteiger partial charge on any atom is -0.465 e. The Bertz CT molecular complexity index is 1010. The molecule has 0 fully saturated rings. The second kappa shape index (κ2) is 8.16. The van der Waals surface area contributed by atoms with E-state index in [4.69, 9.17) is 4.18 Å². The first-order valence-electron chi connectivity index (χ1n) is 8.22. The summed E-state index contributed by atoms with van der Waals surface area (Å²) in [5.41, 5.74) is 3.11. The second-order valence-electron chi connectivity index (χ2n) is 5.80. The van der Waals surface area contributed by atoms with Crippen molar-refractivity contribution >= 4 is 16.1 Å². The third-order valence-electron chi connectivity index (χ3n) is 4.01. The van der Waals surface area contributed by atoms with Crippen molar-refractivity contribution in [2.75, 3.05) is 7.11 Å². The topological polar surface area (TPSA) is 69.7 Å². The Labute approximate surface area is 158 Å². The van der Waals surface area contributed by atoms with E-state index in [1.807, 2.05) is 36.4 Å². The highest BCUT2D eigenvalue weighted by molar-refractivity contribution is 7.86. The highest BCUT2D eigenvalue weighted by atomic mass is 32.2. The zero-order valence-electron chi connectivity index (χ0n) is 14.7. The summed E-state index contributed by atoms with van der Waals surface area (Å²) in [5.74, 6) is -0.381. The number of carbonyl (C=O) groups is 1. The van der Waals surface area contributed by atoms with Gasteiger partial charge in [-0.05, 0) is 41.0 Å². The van der Waals surface area contributed by atoms with Crippen LogP contribution in [-0.4, -0.2) is 21.5 Å². The van der Waals surface area contributed by atoms with Crippen LogP contribution < -0.4 is 0 Å². The van der Waals surface area contributed by atoms with Crippen LogP contribution in [0.3, 0.4) is 0 Å². The van der Waals surface area contributed by atoms with E-state index in [-0.39, 0.29) is 17.5 Å². The van der Waals surface area contributed by atoms with E-state index in [1.54, 1.807) is 30.3 Å². The average molecular weight is 382 g/mol. The van der Waals surface area contributed by atoms with Gasteiger partial charge in [0.25, 0.3) is 10.1 Å². The van der Waals surface area contributed by atoms with Crippen molar-refractivity contribution in [2.45, 2.75) is 11.5 Å². The molecule has 0 aliphatic carbocycles. The van der Waals surface area contributed by atoms with Gasteiger partial charge in [-0.1, -0.05) is 54.6 Å². The summed E-state index contributed by atoms with van der Waals surface area (Å²) < 4.78 is 34.1. The molecule has 0 amide bonds. The molecule has 3 aromatic rings. The molecule has 0 N–H and O–H groups in total. The predicted octanol–water partition coefficient (Wildman–Crippen LogP) is 4.05. The molecule has 138 valence electrons. The zero-order valence-corrected chi connectivity index (χ0v) is 15.5. The summed E-state index contributed by atoms with van der Waals surface area (Å²) in [7, 11) is -2.44. The highest BCUT2D eigenvalue weighted by Gasteiger charge is 2.14. The predicted molar refractivity (Wildman–Crippen MR) is 102 cm³/mol. The molecule has 3 rings (SSSR count). The first-order valence-corrected chi connectivity index (χ1v) is 9.62. The van der Waals surface area contributed by atoms with Gasteiger partial charge in [0.15, 0.2) is 0 Å². The maximum Gasteiger partial charge on any atom is 0.337 e. The smallest absolute Gasteiger partial charge is 0.337 e. The van der Waals surface area contributed by atoms with E-state index in [1.165, 1.54) is 19.2 Å². The van der Waals surface area contributed by atoms with Gasteiger partial charge in [0.2, 0.25) is 0 Å². The van der Waals surface area contributed by atoms with Crippen molar-refractivity contribution in [3.8, 4) is 11.1 Å². The summed E-state index contributed by atoms with van der Waals surface area (Å²) in [4.78, 5) is 11.6. The minimum absolute atomic E-state index is 0.0429. The molecule has 3 aromatic carbocycles. The summed E-state index contributed by atoms with van der Waals surface area (Å²) in [5, 5.41) is 0. The van der Waals surface area contributed by atoms with E-state index in [0.717, 1.165) is 16.7 Å². The largest absolute Gasteiger partial charge is 0.465 e. The molecule has 0 saturated carbocycles. The van der Waals surface area contributed by atoms with Crippen LogP contribution in [0.25, 0.3) is 11.1 Å². The van der Waals surface area contributed by atoms with Crippen LogP contribution in [0.5, 0.6) is 0 Å². The zero-order chi connectivity index (χ0) is 19.3. The molecular weight excluding hydrogens is 364 g/mol. The lowest BCUT2D eigenvalue weighted by Crippen LogP contribution is -2.06. The van der Waals surface area contributed by atoms with Crippen LogP contribution in [0.4, 0.5) is 0 Å². The fraction of sp³-hybridized carbons (Fsp3) is 0.0952. The number of hydrogen-bond donors (Lipinski definition) is 0. The summed E-state index contributed by atoms with van der Waals surface area (Å²) in [6.45, 7) is -0.0429. The fourth-order valence-electron chi connectivity index (χ4n) is 2.51. The molecule has 0 bridgehead atoms. The Morgan fingerprint density at radius 2 is 1.37 bits per heavy atom. The number of hydrogen-bond acceptors (Lipinski definition) is 5. The monoisotopic (exact) mass is 382 g/mol. The maximum atomic E-state index is 12.1. The van der Waals surface area contributed by atoms with Gasteiger partial charge in [0, 0.05) is 0 Å². The molecule has 27 heavy (non-hydrogen) atoms. The standard InChI is InChI=1S/C21H18O5S/c1-25-21(22)19-13-11-18(12-14-19)17-9-7-16(8-10-17)15-26-27(23,24)20-5-3-2-4-6-20/h2-14H,15H2,1H3. The van der Waals surface area contributed by atoms with Crippen molar-refractivity contribution in [1.82, 2.24) is 0 Å². The van der Waals surface area contributed by atoms with E-state index in [2.05, 4.69) is 4.74 Å². The van der Waals surface area contributed by atoms with Crippen molar-refractivity contribution in [3.63, 3.8) is 0 Å². The molecule has 0 atom stereocenters. The van der Waals surface area contributed by atoms with Crippen LogP contribution >= 0.6 is 0 Å². The minimum atomic E-state index is -3.78. The van der Waals surface area contributed by atoms with E-state index in [9.17, 15) is 13.2 Å². The van der Waals surface area contributed by atoms with Gasteiger partial charge in [-0.25, -0.2) is 4.79 Å². The Kier molecular flexibility index (Phi) is 5.69. The highest BCUT2D eigenvalue weighted by Crippen LogP contribution is 2.22. The van der Waals surface area contributed by atoms with E-state index >= 15 is 0 Å². The van der Waals surface area contributed by atoms with Crippen LogP contribution in [-0.2, 0) is 25.6 Å².